The van der Waals surface area contributed by atoms with Crippen LogP contribution in [0.25, 0.3) is 11.5 Å². The Morgan fingerprint density at radius 2 is 1.92 bits per heavy atom. The van der Waals surface area contributed by atoms with E-state index in [1.807, 2.05) is 54.3 Å². The standard InChI is InChI=1S/C20H20N4O2/c1-13(18-5-3-4-12-21-18)24(17-10-11-17)20(25)16-8-6-15(7-9-16)19-23-22-14(2)26-19/h3-9,12-13,17H,10-11H2,1-2H3. The Hall–Kier alpha value is -3.02. The lowest BCUT2D eigenvalue weighted by molar-refractivity contribution is 0.0670. The Morgan fingerprint density at radius 3 is 2.50 bits per heavy atom. The summed E-state index contributed by atoms with van der Waals surface area (Å²) < 4.78 is 5.44. The monoisotopic (exact) mass is 348 g/mol. The Labute approximate surface area is 151 Å². The highest BCUT2D eigenvalue weighted by atomic mass is 16.4. The van der Waals surface area contributed by atoms with Crippen LogP contribution < -0.4 is 0 Å². The van der Waals surface area contributed by atoms with Gasteiger partial charge in [-0.2, -0.15) is 0 Å². The summed E-state index contributed by atoms with van der Waals surface area (Å²) in [5.41, 5.74) is 2.36. The molecule has 4 rings (SSSR count). The highest BCUT2D eigenvalue weighted by molar-refractivity contribution is 5.95. The minimum Gasteiger partial charge on any atom is -0.421 e. The predicted octanol–water partition coefficient (Wildman–Crippen LogP) is 3.81. The molecule has 0 spiro atoms. The topological polar surface area (TPSA) is 72.1 Å². The van der Waals surface area contributed by atoms with Crippen LogP contribution in [-0.2, 0) is 0 Å². The third-order valence-electron chi connectivity index (χ3n) is 4.61. The van der Waals surface area contributed by atoms with Gasteiger partial charge in [0.25, 0.3) is 5.91 Å². The largest absolute Gasteiger partial charge is 0.421 e. The van der Waals surface area contributed by atoms with E-state index >= 15 is 0 Å². The molecular weight excluding hydrogens is 328 g/mol. The van der Waals surface area contributed by atoms with E-state index in [-0.39, 0.29) is 18.0 Å². The van der Waals surface area contributed by atoms with Crippen molar-refractivity contribution < 1.29 is 9.21 Å². The molecule has 1 aromatic carbocycles. The molecule has 1 aliphatic rings. The fourth-order valence-corrected chi connectivity index (χ4v) is 3.09. The summed E-state index contributed by atoms with van der Waals surface area (Å²) in [6.45, 7) is 3.79. The van der Waals surface area contributed by atoms with Crippen molar-refractivity contribution in [2.45, 2.75) is 38.8 Å². The van der Waals surface area contributed by atoms with Gasteiger partial charge in [-0.3, -0.25) is 9.78 Å². The highest BCUT2D eigenvalue weighted by Crippen LogP contribution is 2.35. The average molecular weight is 348 g/mol. The summed E-state index contributed by atoms with van der Waals surface area (Å²) in [5, 5.41) is 7.85. The molecule has 0 radical (unpaired) electrons. The van der Waals surface area contributed by atoms with E-state index in [4.69, 9.17) is 4.42 Å². The van der Waals surface area contributed by atoms with Crippen molar-refractivity contribution in [2.75, 3.05) is 0 Å². The van der Waals surface area contributed by atoms with Crippen molar-refractivity contribution in [3.8, 4) is 11.5 Å². The molecule has 1 atom stereocenters. The summed E-state index contributed by atoms with van der Waals surface area (Å²) in [5.74, 6) is 1.01. The zero-order valence-corrected chi connectivity index (χ0v) is 14.8. The third kappa shape index (κ3) is 3.22. The van der Waals surface area contributed by atoms with Crippen LogP contribution in [0.2, 0.25) is 0 Å². The van der Waals surface area contributed by atoms with Crippen LogP contribution in [0.15, 0.2) is 53.1 Å². The maximum absolute atomic E-state index is 13.1. The molecule has 26 heavy (non-hydrogen) atoms. The van der Waals surface area contributed by atoms with Gasteiger partial charge in [0.1, 0.15) is 0 Å². The van der Waals surface area contributed by atoms with Crippen LogP contribution in [0, 0.1) is 6.92 Å². The molecule has 0 aliphatic heterocycles. The highest BCUT2D eigenvalue weighted by Gasteiger charge is 2.37. The van der Waals surface area contributed by atoms with Gasteiger partial charge in [-0.05, 0) is 56.2 Å². The first kappa shape index (κ1) is 16.4. The summed E-state index contributed by atoms with van der Waals surface area (Å²) >= 11 is 0. The predicted molar refractivity (Wildman–Crippen MR) is 96.3 cm³/mol. The smallest absolute Gasteiger partial charge is 0.254 e. The number of carbonyl (C=O) groups is 1. The molecule has 0 bridgehead atoms. The lowest BCUT2D eigenvalue weighted by atomic mass is 10.1. The Balaban J connectivity index is 1.58. The van der Waals surface area contributed by atoms with Crippen molar-refractivity contribution >= 4 is 5.91 Å². The fourth-order valence-electron chi connectivity index (χ4n) is 3.09. The maximum atomic E-state index is 13.1. The number of carbonyl (C=O) groups excluding carboxylic acids is 1. The molecule has 1 unspecified atom stereocenters. The number of pyridine rings is 1. The molecule has 1 amide bonds. The van der Waals surface area contributed by atoms with E-state index in [9.17, 15) is 4.79 Å². The first-order valence-electron chi connectivity index (χ1n) is 8.77. The molecule has 2 aromatic heterocycles. The first-order chi connectivity index (χ1) is 12.6. The van der Waals surface area contributed by atoms with Gasteiger partial charge in [0.15, 0.2) is 0 Å². The van der Waals surface area contributed by atoms with E-state index in [1.54, 1.807) is 13.1 Å². The normalized spacial score (nSPS) is 14.8. The van der Waals surface area contributed by atoms with Crippen molar-refractivity contribution in [2.24, 2.45) is 0 Å². The van der Waals surface area contributed by atoms with Crippen molar-refractivity contribution in [1.29, 1.82) is 0 Å². The quantitative estimate of drug-likeness (QED) is 0.701. The Kier molecular flexibility index (Phi) is 4.24. The second kappa shape index (κ2) is 6.71. The minimum atomic E-state index is -0.0607. The number of hydrogen-bond donors (Lipinski definition) is 0. The van der Waals surface area contributed by atoms with Gasteiger partial charge in [-0.25, -0.2) is 0 Å². The van der Waals surface area contributed by atoms with Crippen LogP contribution in [0.3, 0.4) is 0 Å². The van der Waals surface area contributed by atoms with E-state index in [0.29, 0.717) is 17.3 Å². The summed E-state index contributed by atoms with van der Waals surface area (Å²) in [6.07, 6.45) is 3.85. The van der Waals surface area contributed by atoms with Crippen LogP contribution in [-0.4, -0.2) is 32.0 Å². The van der Waals surface area contributed by atoms with E-state index in [2.05, 4.69) is 15.2 Å². The van der Waals surface area contributed by atoms with Gasteiger partial charge in [0, 0.05) is 30.3 Å². The first-order valence-corrected chi connectivity index (χ1v) is 8.77. The number of nitrogens with zero attached hydrogens (tertiary/aromatic N) is 4. The van der Waals surface area contributed by atoms with Gasteiger partial charge in [-0.15, -0.1) is 10.2 Å². The van der Waals surface area contributed by atoms with Crippen molar-refractivity contribution in [3.63, 3.8) is 0 Å². The number of rotatable bonds is 5. The number of aryl methyl sites for hydroxylation is 1. The molecule has 1 saturated carbocycles. The fraction of sp³-hybridized carbons (Fsp3) is 0.300. The number of aromatic nitrogens is 3. The van der Waals surface area contributed by atoms with Gasteiger partial charge in [0.2, 0.25) is 11.8 Å². The van der Waals surface area contributed by atoms with Crippen molar-refractivity contribution in [3.05, 3.63) is 65.8 Å². The molecule has 6 heteroatoms. The second-order valence-corrected chi connectivity index (χ2v) is 6.58. The van der Waals surface area contributed by atoms with Gasteiger partial charge in [-0.1, -0.05) is 6.07 Å². The summed E-state index contributed by atoms with van der Waals surface area (Å²) in [4.78, 5) is 19.5. The third-order valence-corrected chi connectivity index (χ3v) is 4.61. The molecule has 3 aromatic rings. The van der Waals surface area contributed by atoms with Crippen LogP contribution in [0.5, 0.6) is 0 Å². The lowest BCUT2D eigenvalue weighted by Gasteiger charge is -2.29. The Bertz CT molecular complexity index is 901. The molecular formula is C20H20N4O2. The maximum Gasteiger partial charge on any atom is 0.254 e. The lowest BCUT2D eigenvalue weighted by Crippen LogP contribution is -2.35. The van der Waals surface area contributed by atoms with Gasteiger partial charge in [0.05, 0.1) is 11.7 Å². The van der Waals surface area contributed by atoms with E-state index in [0.717, 1.165) is 24.1 Å². The zero-order chi connectivity index (χ0) is 18.1. The SMILES string of the molecule is Cc1nnc(-c2ccc(C(=O)N(C3CC3)C(C)c3ccccn3)cc2)o1. The van der Waals surface area contributed by atoms with Crippen LogP contribution in [0.1, 0.15) is 47.7 Å². The number of hydrogen-bond acceptors (Lipinski definition) is 5. The van der Waals surface area contributed by atoms with Gasteiger partial charge >= 0.3 is 0 Å². The zero-order valence-electron chi connectivity index (χ0n) is 14.8. The summed E-state index contributed by atoms with van der Waals surface area (Å²) in [7, 11) is 0. The molecule has 132 valence electrons. The average Bonchev–Trinajstić information content (AvgIpc) is 3.42. The second-order valence-electron chi connectivity index (χ2n) is 6.58. The number of benzene rings is 1. The van der Waals surface area contributed by atoms with Crippen molar-refractivity contribution in [1.82, 2.24) is 20.1 Å². The minimum absolute atomic E-state index is 0.0268. The molecule has 6 nitrogen and oxygen atoms in total. The molecule has 1 fully saturated rings. The van der Waals surface area contributed by atoms with Gasteiger partial charge < -0.3 is 9.32 Å². The van der Waals surface area contributed by atoms with Crippen LogP contribution >= 0.6 is 0 Å². The van der Waals surface area contributed by atoms with E-state index < -0.39 is 0 Å². The number of amides is 1. The molecule has 2 heterocycles. The molecule has 1 aliphatic carbocycles. The summed E-state index contributed by atoms with van der Waals surface area (Å²) in [6, 6.07) is 13.4. The molecule has 0 saturated heterocycles. The van der Waals surface area contributed by atoms with Crippen LogP contribution in [0.4, 0.5) is 0 Å². The van der Waals surface area contributed by atoms with E-state index in [1.165, 1.54) is 0 Å². The molecule has 0 N–H and O–H groups in total. The Morgan fingerprint density at radius 1 is 1.15 bits per heavy atom.